The van der Waals surface area contributed by atoms with Gasteiger partial charge in [-0.15, -0.1) is 0 Å². The summed E-state index contributed by atoms with van der Waals surface area (Å²) in [6, 6.07) is 0. The summed E-state index contributed by atoms with van der Waals surface area (Å²) >= 11 is 0. The normalized spacial score (nSPS) is 33.3. The van der Waals surface area contributed by atoms with Crippen LogP contribution in [0.3, 0.4) is 0 Å². The first-order valence-corrected chi connectivity index (χ1v) is 3.53. The second-order valence-corrected chi connectivity index (χ2v) is 2.48. The lowest BCUT2D eigenvalue weighted by molar-refractivity contribution is -0.173. The van der Waals surface area contributed by atoms with Crippen molar-refractivity contribution >= 4 is 5.91 Å². The first-order chi connectivity index (χ1) is 6.71. The molecular formula is C8H15NO2. The molecule has 0 N–H and O–H groups in total. The van der Waals surface area contributed by atoms with Crippen molar-refractivity contribution in [2.24, 2.45) is 5.92 Å². The molecule has 0 heterocycles. The molecule has 0 atom stereocenters. The largest absolute Gasteiger partial charge is 0.275 e. The molecule has 1 amide bonds. The van der Waals surface area contributed by atoms with Crippen LogP contribution in [0.25, 0.3) is 0 Å². The third kappa shape index (κ3) is 1.93. The van der Waals surface area contributed by atoms with E-state index in [1.165, 1.54) is 14.2 Å². The number of nitrogens with zero attached hydrogens (tertiary/aromatic N) is 1. The Bertz CT molecular complexity index is 253. The minimum atomic E-state index is -1.94. The Morgan fingerprint density at radius 2 is 2.18 bits per heavy atom. The first-order valence-electron chi connectivity index (χ1n) is 5.53. The van der Waals surface area contributed by atoms with Crippen molar-refractivity contribution in [1.82, 2.24) is 5.06 Å². The van der Waals surface area contributed by atoms with Crippen LogP contribution >= 0.6 is 0 Å². The summed E-state index contributed by atoms with van der Waals surface area (Å²) in [4.78, 5) is 16.3. The fourth-order valence-corrected chi connectivity index (χ4v) is 0.985. The van der Waals surface area contributed by atoms with Gasteiger partial charge in [0.15, 0.2) is 0 Å². The second kappa shape index (κ2) is 3.72. The van der Waals surface area contributed by atoms with Gasteiger partial charge in [0.25, 0.3) is 0 Å². The smallest absolute Gasteiger partial charge is 0.248 e. The average molecular weight is 161 g/mol. The Labute approximate surface area is 72.9 Å². The number of hydrogen-bond donors (Lipinski definition) is 0. The maximum Gasteiger partial charge on any atom is 0.248 e. The zero-order chi connectivity index (χ0) is 11.9. The van der Waals surface area contributed by atoms with Crippen molar-refractivity contribution in [2.75, 3.05) is 14.2 Å². The van der Waals surface area contributed by atoms with Gasteiger partial charge in [-0.2, -0.15) is 0 Å². The molecule has 0 spiro atoms. The van der Waals surface area contributed by atoms with Gasteiger partial charge >= 0.3 is 0 Å². The van der Waals surface area contributed by atoms with Gasteiger partial charge in [-0.25, -0.2) is 5.06 Å². The zero-order valence-corrected chi connectivity index (χ0v) is 6.76. The first kappa shape index (κ1) is 4.45. The lowest BCUT2D eigenvalue weighted by atomic mass is 10.1. The lowest BCUT2D eigenvalue weighted by Crippen LogP contribution is -2.30. The number of hydroxylamine groups is 2. The van der Waals surface area contributed by atoms with Gasteiger partial charge in [0, 0.05) is 18.4 Å². The molecule has 3 nitrogen and oxygen atoms in total. The van der Waals surface area contributed by atoms with E-state index in [4.69, 9.17) is 10.3 Å². The maximum atomic E-state index is 11.6. The average Bonchev–Trinajstić information content (AvgIpc) is 2.33. The third-order valence-corrected chi connectivity index (χ3v) is 1.76. The fraction of sp³-hybridized carbons (Fsp3) is 0.875. The maximum absolute atomic E-state index is 11.6. The van der Waals surface area contributed by atoms with Crippen molar-refractivity contribution in [2.45, 2.75) is 25.6 Å². The van der Waals surface area contributed by atoms with Crippen LogP contribution in [0, 0.1) is 5.92 Å². The minimum absolute atomic E-state index is 0.0907. The van der Waals surface area contributed by atoms with E-state index in [9.17, 15) is 4.79 Å². The minimum Gasteiger partial charge on any atom is -0.275 e. The summed E-state index contributed by atoms with van der Waals surface area (Å²) in [6.07, 6.45) is -4.07. The number of rotatable bonds is 2. The summed E-state index contributed by atoms with van der Waals surface area (Å²) in [6.45, 7) is 0. The van der Waals surface area contributed by atoms with Crippen LogP contribution in [-0.4, -0.2) is 25.1 Å². The highest BCUT2D eigenvalue weighted by atomic mass is 16.7. The number of carbonyl (C=O) groups is 1. The number of hydrogen-bond acceptors (Lipinski definition) is 2. The predicted molar refractivity (Wildman–Crippen MR) is 41.7 cm³/mol. The Hall–Kier alpha value is -0.570. The summed E-state index contributed by atoms with van der Waals surface area (Å²) in [5, 5.41) is 1.02. The molecule has 1 aliphatic rings. The summed E-state index contributed by atoms with van der Waals surface area (Å²) in [5.74, 6) is -1.01. The molecule has 0 radical (unpaired) electrons. The Balaban J connectivity index is 2.75. The third-order valence-electron chi connectivity index (χ3n) is 1.76. The molecule has 3 heteroatoms. The fourth-order valence-electron chi connectivity index (χ4n) is 0.985. The molecule has 11 heavy (non-hydrogen) atoms. The van der Waals surface area contributed by atoms with E-state index >= 15 is 0 Å². The molecule has 1 rings (SSSR count). The van der Waals surface area contributed by atoms with Crippen LogP contribution in [-0.2, 0) is 9.63 Å². The van der Waals surface area contributed by atoms with Crippen molar-refractivity contribution in [3.05, 3.63) is 0 Å². The van der Waals surface area contributed by atoms with Crippen LogP contribution < -0.4 is 0 Å². The molecule has 0 aromatic rings. The zero-order valence-electron chi connectivity index (χ0n) is 10.8. The summed E-state index contributed by atoms with van der Waals surface area (Å²) in [5.41, 5.74) is 0. The van der Waals surface area contributed by atoms with E-state index in [2.05, 4.69) is 0 Å². The van der Waals surface area contributed by atoms with Crippen molar-refractivity contribution in [3.8, 4) is 0 Å². The quantitative estimate of drug-likeness (QED) is 0.569. The van der Waals surface area contributed by atoms with Gasteiger partial charge in [0.2, 0.25) is 5.91 Å². The van der Waals surface area contributed by atoms with Crippen molar-refractivity contribution in [1.29, 1.82) is 0 Å². The molecule has 0 unspecified atom stereocenters. The molecule has 0 saturated heterocycles. The molecule has 0 bridgehead atoms. The van der Waals surface area contributed by atoms with E-state index in [-0.39, 0.29) is 18.7 Å². The Morgan fingerprint density at radius 1 is 1.64 bits per heavy atom. The van der Waals surface area contributed by atoms with Crippen LogP contribution in [0.2, 0.25) is 0 Å². The van der Waals surface area contributed by atoms with Gasteiger partial charge in [-0.05, 0) is 12.8 Å². The van der Waals surface area contributed by atoms with Gasteiger partial charge in [0.1, 0.15) is 0 Å². The molecule has 1 saturated carbocycles. The van der Waals surface area contributed by atoms with Gasteiger partial charge < -0.3 is 0 Å². The highest BCUT2D eigenvalue weighted by Gasteiger charge is 2.25. The lowest BCUT2D eigenvalue weighted by Gasteiger charge is -2.17. The van der Waals surface area contributed by atoms with E-state index in [0.717, 1.165) is 5.06 Å². The number of amides is 1. The SMILES string of the molecule is [2H]C1([2H])CC(C(=O)N(C)OC)CC1([2H])[2H]. The van der Waals surface area contributed by atoms with E-state index in [0.29, 0.717) is 0 Å². The molecule has 0 aromatic heterocycles. The predicted octanol–water partition coefficient (Wildman–Crippen LogP) is 1.20. The van der Waals surface area contributed by atoms with E-state index in [1.807, 2.05) is 0 Å². The monoisotopic (exact) mass is 161 g/mol. The van der Waals surface area contributed by atoms with Crippen molar-refractivity contribution in [3.63, 3.8) is 0 Å². The Kier molecular flexibility index (Phi) is 1.50. The molecule has 64 valence electrons. The van der Waals surface area contributed by atoms with Crippen LogP contribution in [0.4, 0.5) is 0 Å². The topological polar surface area (TPSA) is 29.5 Å². The summed E-state index contributed by atoms with van der Waals surface area (Å²) < 4.78 is 30.0. The van der Waals surface area contributed by atoms with Gasteiger partial charge in [-0.3, -0.25) is 9.63 Å². The number of carbonyl (C=O) groups excluding carboxylic acids is 1. The van der Waals surface area contributed by atoms with Gasteiger partial charge in [0.05, 0.1) is 7.11 Å². The molecular weight excluding hydrogens is 142 g/mol. The molecule has 1 aliphatic carbocycles. The highest BCUT2D eigenvalue weighted by Crippen LogP contribution is 2.25. The van der Waals surface area contributed by atoms with Gasteiger partial charge in [-0.1, -0.05) is 12.7 Å². The highest BCUT2D eigenvalue weighted by molar-refractivity contribution is 5.77. The molecule has 0 aromatic carbocycles. The van der Waals surface area contributed by atoms with E-state index < -0.39 is 18.7 Å². The van der Waals surface area contributed by atoms with Crippen LogP contribution in [0.15, 0.2) is 0 Å². The summed E-state index contributed by atoms with van der Waals surface area (Å²) in [7, 11) is 2.78. The van der Waals surface area contributed by atoms with Crippen molar-refractivity contribution < 1.29 is 15.1 Å². The van der Waals surface area contributed by atoms with Crippen LogP contribution in [0.1, 0.15) is 31.1 Å². The molecule has 1 fully saturated rings. The van der Waals surface area contributed by atoms with Crippen LogP contribution in [0.5, 0.6) is 0 Å². The second-order valence-electron chi connectivity index (χ2n) is 2.48. The van der Waals surface area contributed by atoms with E-state index in [1.54, 1.807) is 0 Å². The molecule has 0 aliphatic heterocycles. The Morgan fingerprint density at radius 3 is 2.64 bits per heavy atom. The standard InChI is InChI=1S/C8H15NO2/c1-9(11-2)8(10)7-5-3-4-6-7/h7H,3-6H2,1-2H3/i3D2,4D2.